The lowest BCUT2D eigenvalue weighted by Crippen LogP contribution is -2.44. The van der Waals surface area contributed by atoms with Crippen molar-refractivity contribution in [3.8, 4) is 0 Å². The Morgan fingerprint density at radius 1 is 1.53 bits per heavy atom. The normalized spacial score (nSPS) is 10.5. The molecular formula is C12H17BrN2O3S. The topological polar surface area (TPSA) is 69.6 Å². The third-order valence-corrected chi connectivity index (χ3v) is 4.18. The Kier molecular flexibility index (Phi) is 6.30. The van der Waals surface area contributed by atoms with Crippen molar-refractivity contribution in [2.45, 2.75) is 32.9 Å². The quantitative estimate of drug-likeness (QED) is 0.830. The zero-order chi connectivity index (χ0) is 14.4. The van der Waals surface area contributed by atoms with E-state index in [1.54, 1.807) is 11.3 Å². The standard InChI is InChI=1S/C12H17BrN2O3S/c1-8(2)15(4-3-11(16)17)12(18)14-6-10-5-9(13)7-19-10/h5,7-8H,3-4,6H2,1-2H3,(H,14,18)(H,16,17). The van der Waals surface area contributed by atoms with Gasteiger partial charge in [0, 0.05) is 27.3 Å². The number of carbonyl (C=O) groups excluding carboxylic acids is 1. The number of aliphatic carboxylic acids is 1. The van der Waals surface area contributed by atoms with Crippen LogP contribution in [-0.4, -0.2) is 34.6 Å². The highest BCUT2D eigenvalue weighted by Crippen LogP contribution is 2.19. The van der Waals surface area contributed by atoms with Crippen molar-refractivity contribution in [3.05, 3.63) is 20.8 Å². The third kappa shape index (κ3) is 5.61. The number of nitrogens with one attached hydrogen (secondary N) is 1. The van der Waals surface area contributed by atoms with Crippen LogP contribution < -0.4 is 5.32 Å². The van der Waals surface area contributed by atoms with Gasteiger partial charge in [-0.05, 0) is 35.8 Å². The first-order chi connectivity index (χ1) is 8.90. The Labute approximate surface area is 124 Å². The first kappa shape index (κ1) is 16.0. The van der Waals surface area contributed by atoms with Gasteiger partial charge in [0.1, 0.15) is 0 Å². The van der Waals surface area contributed by atoms with E-state index in [0.29, 0.717) is 6.54 Å². The van der Waals surface area contributed by atoms with Crippen LogP contribution in [0.3, 0.4) is 0 Å². The number of nitrogens with zero attached hydrogens (tertiary/aromatic N) is 1. The molecule has 2 amide bonds. The minimum atomic E-state index is -0.902. The van der Waals surface area contributed by atoms with Crippen molar-refractivity contribution >= 4 is 39.3 Å². The molecule has 0 radical (unpaired) electrons. The second-order valence-corrected chi connectivity index (χ2v) is 6.23. The molecule has 0 bridgehead atoms. The van der Waals surface area contributed by atoms with Gasteiger partial charge in [-0.2, -0.15) is 0 Å². The maximum atomic E-state index is 12.0. The molecule has 1 heterocycles. The molecule has 0 unspecified atom stereocenters. The maximum Gasteiger partial charge on any atom is 0.317 e. The molecule has 106 valence electrons. The summed E-state index contributed by atoms with van der Waals surface area (Å²) in [5.41, 5.74) is 0. The van der Waals surface area contributed by atoms with Gasteiger partial charge in [0.15, 0.2) is 0 Å². The van der Waals surface area contributed by atoms with E-state index < -0.39 is 5.97 Å². The highest BCUT2D eigenvalue weighted by Gasteiger charge is 2.17. The fraction of sp³-hybridized carbons (Fsp3) is 0.500. The van der Waals surface area contributed by atoms with Crippen molar-refractivity contribution in [1.29, 1.82) is 0 Å². The van der Waals surface area contributed by atoms with Crippen LogP contribution in [0.1, 0.15) is 25.1 Å². The number of hydrogen-bond donors (Lipinski definition) is 2. The number of amides is 2. The van der Waals surface area contributed by atoms with Crippen LogP contribution >= 0.6 is 27.3 Å². The summed E-state index contributed by atoms with van der Waals surface area (Å²) in [5, 5.41) is 13.4. The molecule has 7 heteroatoms. The van der Waals surface area contributed by atoms with Crippen LogP contribution in [0.5, 0.6) is 0 Å². The summed E-state index contributed by atoms with van der Waals surface area (Å²) in [6.45, 7) is 4.39. The van der Waals surface area contributed by atoms with Crippen LogP contribution in [0.4, 0.5) is 4.79 Å². The van der Waals surface area contributed by atoms with Crippen LogP contribution in [0.2, 0.25) is 0 Å². The van der Waals surface area contributed by atoms with Crippen LogP contribution in [-0.2, 0) is 11.3 Å². The van der Waals surface area contributed by atoms with Gasteiger partial charge in [0.2, 0.25) is 0 Å². The number of carboxylic acids is 1. The maximum absolute atomic E-state index is 12.0. The van der Waals surface area contributed by atoms with Crippen LogP contribution in [0.25, 0.3) is 0 Å². The van der Waals surface area contributed by atoms with E-state index >= 15 is 0 Å². The van der Waals surface area contributed by atoms with E-state index in [2.05, 4.69) is 21.2 Å². The number of carbonyl (C=O) groups is 2. The Balaban J connectivity index is 2.49. The zero-order valence-corrected chi connectivity index (χ0v) is 13.3. The smallest absolute Gasteiger partial charge is 0.317 e. The van der Waals surface area contributed by atoms with E-state index in [1.165, 1.54) is 4.90 Å². The molecule has 0 atom stereocenters. The molecule has 2 N–H and O–H groups in total. The third-order valence-electron chi connectivity index (χ3n) is 2.49. The molecule has 0 aliphatic carbocycles. The van der Waals surface area contributed by atoms with Gasteiger partial charge < -0.3 is 15.3 Å². The molecule has 1 aromatic rings. The van der Waals surface area contributed by atoms with Crippen LogP contribution in [0.15, 0.2) is 15.9 Å². The van der Waals surface area contributed by atoms with Crippen molar-refractivity contribution in [2.24, 2.45) is 0 Å². The van der Waals surface area contributed by atoms with E-state index in [4.69, 9.17) is 5.11 Å². The second-order valence-electron chi connectivity index (χ2n) is 4.32. The lowest BCUT2D eigenvalue weighted by atomic mass is 10.3. The summed E-state index contributed by atoms with van der Waals surface area (Å²) in [6.07, 6.45) is -0.0455. The number of hydrogen-bond acceptors (Lipinski definition) is 3. The molecule has 0 aromatic carbocycles. The molecule has 0 saturated carbocycles. The number of thiophene rings is 1. The van der Waals surface area contributed by atoms with E-state index in [-0.39, 0.29) is 25.0 Å². The summed E-state index contributed by atoms with van der Waals surface area (Å²) in [7, 11) is 0. The van der Waals surface area contributed by atoms with Gasteiger partial charge in [-0.1, -0.05) is 0 Å². The first-order valence-electron chi connectivity index (χ1n) is 5.89. The molecular weight excluding hydrogens is 332 g/mol. The van der Waals surface area contributed by atoms with Crippen molar-refractivity contribution < 1.29 is 14.7 Å². The predicted molar refractivity (Wildman–Crippen MR) is 78.3 cm³/mol. The van der Waals surface area contributed by atoms with E-state index in [9.17, 15) is 9.59 Å². The summed E-state index contributed by atoms with van der Waals surface area (Å²) in [4.78, 5) is 25.1. The van der Waals surface area contributed by atoms with Crippen molar-refractivity contribution in [3.63, 3.8) is 0 Å². The fourth-order valence-corrected chi connectivity index (χ4v) is 2.91. The highest BCUT2D eigenvalue weighted by molar-refractivity contribution is 9.10. The zero-order valence-electron chi connectivity index (χ0n) is 10.9. The average molecular weight is 349 g/mol. The lowest BCUT2D eigenvalue weighted by molar-refractivity contribution is -0.137. The molecule has 0 saturated heterocycles. The molecule has 1 aromatic heterocycles. The highest BCUT2D eigenvalue weighted by atomic mass is 79.9. The molecule has 0 aliphatic rings. The summed E-state index contributed by atoms with van der Waals surface area (Å²) in [6, 6.07) is 1.68. The molecule has 0 spiro atoms. The summed E-state index contributed by atoms with van der Waals surface area (Å²) >= 11 is 4.91. The van der Waals surface area contributed by atoms with Gasteiger partial charge >= 0.3 is 12.0 Å². The minimum Gasteiger partial charge on any atom is -0.481 e. The lowest BCUT2D eigenvalue weighted by Gasteiger charge is -2.26. The molecule has 0 aliphatic heterocycles. The Hall–Kier alpha value is -1.08. The molecule has 5 nitrogen and oxygen atoms in total. The minimum absolute atomic E-state index is 0.0329. The molecule has 1 rings (SSSR count). The van der Waals surface area contributed by atoms with E-state index in [1.807, 2.05) is 25.3 Å². The Morgan fingerprint density at radius 3 is 2.68 bits per heavy atom. The van der Waals surface area contributed by atoms with Crippen molar-refractivity contribution in [1.82, 2.24) is 10.2 Å². The van der Waals surface area contributed by atoms with Gasteiger partial charge in [-0.15, -0.1) is 11.3 Å². The number of urea groups is 1. The predicted octanol–water partition coefficient (Wildman–Crippen LogP) is 2.91. The average Bonchev–Trinajstić information content (AvgIpc) is 2.72. The summed E-state index contributed by atoms with van der Waals surface area (Å²) in [5.74, 6) is -0.902. The van der Waals surface area contributed by atoms with Gasteiger partial charge in [0.25, 0.3) is 0 Å². The van der Waals surface area contributed by atoms with Crippen LogP contribution in [0, 0.1) is 0 Å². The molecule has 0 fully saturated rings. The van der Waals surface area contributed by atoms with Gasteiger partial charge in [-0.3, -0.25) is 4.79 Å². The largest absolute Gasteiger partial charge is 0.481 e. The Bertz CT molecular complexity index is 448. The summed E-state index contributed by atoms with van der Waals surface area (Å²) < 4.78 is 0.994. The van der Waals surface area contributed by atoms with Gasteiger partial charge in [-0.25, -0.2) is 4.79 Å². The first-order valence-corrected chi connectivity index (χ1v) is 7.56. The molecule has 19 heavy (non-hydrogen) atoms. The number of rotatable bonds is 6. The Morgan fingerprint density at radius 2 is 2.21 bits per heavy atom. The monoisotopic (exact) mass is 348 g/mol. The van der Waals surface area contributed by atoms with Gasteiger partial charge in [0.05, 0.1) is 13.0 Å². The second kappa shape index (κ2) is 7.49. The fourth-order valence-electron chi connectivity index (χ4n) is 1.52. The number of halogens is 1. The number of carboxylic acid groups (broad SMARTS) is 1. The van der Waals surface area contributed by atoms with E-state index in [0.717, 1.165) is 9.35 Å². The van der Waals surface area contributed by atoms with Crippen molar-refractivity contribution in [2.75, 3.05) is 6.54 Å². The SMILES string of the molecule is CC(C)N(CCC(=O)O)C(=O)NCc1cc(Br)cs1.